The molecule has 1 heterocycles. The Labute approximate surface area is 120 Å². The van der Waals surface area contributed by atoms with Gasteiger partial charge in [-0.2, -0.15) is 0 Å². The fraction of sp³-hybridized carbons (Fsp3) is 0.500. The summed E-state index contributed by atoms with van der Waals surface area (Å²) < 4.78 is 0. The van der Waals surface area contributed by atoms with E-state index in [1.165, 1.54) is 25.7 Å². The van der Waals surface area contributed by atoms with Gasteiger partial charge in [0.2, 0.25) is 0 Å². The van der Waals surface area contributed by atoms with Crippen LogP contribution in [0.3, 0.4) is 0 Å². The van der Waals surface area contributed by atoms with Gasteiger partial charge in [0.25, 0.3) is 0 Å². The van der Waals surface area contributed by atoms with Crippen molar-refractivity contribution in [3.8, 4) is 0 Å². The predicted molar refractivity (Wildman–Crippen MR) is 82.4 cm³/mol. The van der Waals surface area contributed by atoms with Gasteiger partial charge in [0, 0.05) is 11.6 Å². The molecule has 0 aliphatic heterocycles. The zero-order valence-corrected chi connectivity index (χ0v) is 12.1. The van der Waals surface area contributed by atoms with Crippen LogP contribution in [0.15, 0.2) is 36.5 Å². The Kier molecular flexibility index (Phi) is 4.02. The van der Waals surface area contributed by atoms with Gasteiger partial charge < -0.3 is 5.11 Å². The lowest BCUT2D eigenvalue weighted by Gasteiger charge is -2.34. The molecule has 2 aromatic rings. The molecule has 1 N–H and O–H groups in total. The van der Waals surface area contributed by atoms with Crippen molar-refractivity contribution >= 4 is 10.9 Å². The minimum Gasteiger partial charge on any atom is -0.388 e. The molecule has 1 aromatic heterocycles. The second-order valence-electron chi connectivity index (χ2n) is 5.98. The standard InChI is InChI=1S/C18H23NO/c1-2-13-7-3-4-8-14(13)18(20)16-9-5-11-17-15(16)10-6-12-19-17/h5-6,9-14,18,20H,2-4,7-8H2,1H3. The van der Waals surface area contributed by atoms with E-state index >= 15 is 0 Å². The minimum absolute atomic E-state index is 0.354. The number of rotatable bonds is 3. The molecule has 0 spiro atoms. The third-order valence-corrected chi connectivity index (χ3v) is 4.90. The van der Waals surface area contributed by atoms with Crippen molar-refractivity contribution in [3.05, 3.63) is 42.1 Å². The zero-order valence-electron chi connectivity index (χ0n) is 12.1. The Morgan fingerprint density at radius 1 is 1.20 bits per heavy atom. The molecule has 0 radical (unpaired) electrons. The summed E-state index contributed by atoms with van der Waals surface area (Å²) in [6.07, 6.45) is 7.62. The second kappa shape index (κ2) is 5.92. The van der Waals surface area contributed by atoms with Crippen LogP contribution in [-0.2, 0) is 0 Å². The van der Waals surface area contributed by atoms with Crippen LogP contribution in [-0.4, -0.2) is 10.1 Å². The molecule has 2 nitrogen and oxygen atoms in total. The highest BCUT2D eigenvalue weighted by Crippen LogP contribution is 2.41. The Hall–Kier alpha value is -1.41. The first-order chi connectivity index (χ1) is 9.81. The Balaban J connectivity index is 1.97. The van der Waals surface area contributed by atoms with Crippen molar-refractivity contribution in [1.82, 2.24) is 4.98 Å². The average molecular weight is 269 g/mol. The van der Waals surface area contributed by atoms with Crippen molar-refractivity contribution in [2.75, 3.05) is 0 Å². The lowest BCUT2D eigenvalue weighted by atomic mass is 9.73. The molecule has 1 aliphatic rings. The Morgan fingerprint density at radius 2 is 2.05 bits per heavy atom. The molecule has 20 heavy (non-hydrogen) atoms. The maximum absolute atomic E-state index is 10.9. The molecule has 106 valence electrons. The van der Waals surface area contributed by atoms with Crippen molar-refractivity contribution < 1.29 is 5.11 Å². The van der Waals surface area contributed by atoms with Gasteiger partial charge in [-0.15, -0.1) is 0 Å². The highest BCUT2D eigenvalue weighted by molar-refractivity contribution is 5.82. The van der Waals surface area contributed by atoms with Crippen molar-refractivity contribution in [2.24, 2.45) is 11.8 Å². The smallest absolute Gasteiger partial charge is 0.0827 e. The topological polar surface area (TPSA) is 33.1 Å². The Bertz CT molecular complexity index is 575. The molecular weight excluding hydrogens is 246 g/mol. The van der Waals surface area contributed by atoms with Crippen LogP contribution < -0.4 is 0 Å². The number of benzene rings is 1. The van der Waals surface area contributed by atoms with E-state index in [2.05, 4.69) is 24.0 Å². The molecule has 2 heteroatoms. The number of hydrogen-bond acceptors (Lipinski definition) is 2. The third-order valence-electron chi connectivity index (χ3n) is 4.90. The van der Waals surface area contributed by atoms with Gasteiger partial charge in [0.05, 0.1) is 11.6 Å². The SMILES string of the molecule is CCC1CCCCC1C(O)c1cccc2ncccc12. The summed E-state index contributed by atoms with van der Waals surface area (Å²) >= 11 is 0. The first-order valence-electron chi connectivity index (χ1n) is 7.83. The second-order valence-corrected chi connectivity index (χ2v) is 5.98. The minimum atomic E-state index is -0.354. The first-order valence-corrected chi connectivity index (χ1v) is 7.83. The molecule has 1 fully saturated rings. The number of fused-ring (bicyclic) bond motifs is 1. The molecular formula is C18H23NO. The Morgan fingerprint density at radius 3 is 2.90 bits per heavy atom. The van der Waals surface area contributed by atoms with Gasteiger partial charge in [-0.25, -0.2) is 0 Å². The molecule has 1 saturated carbocycles. The fourth-order valence-electron chi connectivity index (χ4n) is 3.77. The maximum Gasteiger partial charge on any atom is 0.0827 e. The van der Waals surface area contributed by atoms with Gasteiger partial charge in [-0.05, 0) is 36.0 Å². The van der Waals surface area contributed by atoms with Crippen LogP contribution in [0, 0.1) is 11.8 Å². The molecule has 0 amide bonds. The molecule has 0 bridgehead atoms. The van der Waals surface area contributed by atoms with Crippen LogP contribution in [0.4, 0.5) is 0 Å². The van der Waals surface area contributed by atoms with E-state index in [9.17, 15) is 5.11 Å². The van der Waals surface area contributed by atoms with E-state index in [1.807, 2.05) is 24.4 Å². The quantitative estimate of drug-likeness (QED) is 0.891. The van der Waals surface area contributed by atoms with Gasteiger partial charge in [-0.3, -0.25) is 4.98 Å². The fourth-order valence-corrected chi connectivity index (χ4v) is 3.77. The summed E-state index contributed by atoms with van der Waals surface area (Å²) in [7, 11) is 0. The van der Waals surface area contributed by atoms with Crippen LogP contribution >= 0.6 is 0 Å². The third kappa shape index (κ3) is 2.45. The monoisotopic (exact) mass is 269 g/mol. The molecule has 1 aliphatic carbocycles. The van der Waals surface area contributed by atoms with E-state index in [0.717, 1.165) is 22.9 Å². The van der Waals surface area contributed by atoms with Gasteiger partial charge >= 0.3 is 0 Å². The summed E-state index contributed by atoms with van der Waals surface area (Å²) in [6, 6.07) is 10.1. The van der Waals surface area contributed by atoms with E-state index in [0.29, 0.717) is 11.8 Å². The summed E-state index contributed by atoms with van der Waals surface area (Å²) in [5.41, 5.74) is 2.04. The van der Waals surface area contributed by atoms with Crippen LogP contribution in [0.5, 0.6) is 0 Å². The highest BCUT2D eigenvalue weighted by atomic mass is 16.3. The highest BCUT2D eigenvalue weighted by Gasteiger charge is 2.31. The molecule has 3 rings (SSSR count). The van der Waals surface area contributed by atoms with E-state index < -0.39 is 0 Å². The van der Waals surface area contributed by atoms with Crippen LogP contribution in [0.1, 0.15) is 50.7 Å². The van der Waals surface area contributed by atoms with Gasteiger partial charge in [0.15, 0.2) is 0 Å². The van der Waals surface area contributed by atoms with Crippen molar-refractivity contribution in [3.63, 3.8) is 0 Å². The van der Waals surface area contributed by atoms with Gasteiger partial charge in [0.1, 0.15) is 0 Å². The number of nitrogens with zero attached hydrogens (tertiary/aromatic N) is 1. The number of pyridine rings is 1. The first kappa shape index (κ1) is 13.6. The number of aliphatic hydroxyl groups is 1. The number of aliphatic hydroxyl groups excluding tert-OH is 1. The number of hydrogen-bond donors (Lipinski definition) is 1. The summed E-state index contributed by atoms with van der Waals surface area (Å²) in [5, 5.41) is 12.0. The van der Waals surface area contributed by atoms with Crippen molar-refractivity contribution in [2.45, 2.75) is 45.1 Å². The zero-order chi connectivity index (χ0) is 13.9. The summed E-state index contributed by atoms with van der Waals surface area (Å²) in [5.74, 6) is 1.06. The van der Waals surface area contributed by atoms with Crippen LogP contribution in [0.2, 0.25) is 0 Å². The molecule has 3 atom stereocenters. The summed E-state index contributed by atoms with van der Waals surface area (Å²) in [4.78, 5) is 4.40. The maximum atomic E-state index is 10.9. The van der Waals surface area contributed by atoms with Gasteiger partial charge in [-0.1, -0.05) is 50.8 Å². The molecule has 3 unspecified atom stereocenters. The van der Waals surface area contributed by atoms with E-state index in [1.54, 1.807) is 0 Å². The van der Waals surface area contributed by atoms with Crippen molar-refractivity contribution in [1.29, 1.82) is 0 Å². The predicted octanol–water partition coefficient (Wildman–Crippen LogP) is 4.48. The lowest BCUT2D eigenvalue weighted by Crippen LogP contribution is -2.25. The average Bonchev–Trinajstić information content (AvgIpc) is 2.53. The summed E-state index contributed by atoms with van der Waals surface area (Å²) in [6.45, 7) is 2.25. The normalized spacial score (nSPS) is 24.7. The van der Waals surface area contributed by atoms with E-state index in [4.69, 9.17) is 0 Å². The molecule has 0 saturated heterocycles. The lowest BCUT2D eigenvalue weighted by molar-refractivity contribution is 0.0462. The molecule has 1 aromatic carbocycles. The van der Waals surface area contributed by atoms with E-state index in [-0.39, 0.29) is 6.10 Å². The largest absolute Gasteiger partial charge is 0.388 e. The number of aromatic nitrogens is 1. The van der Waals surface area contributed by atoms with Crippen LogP contribution in [0.25, 0.3) is 10.9 Å².